The number of pyridine rings is 2. The highest BCUT2D eigenvalue weighted by molar-refractivity contribution is 6.18. The second-order valence-corrected chi connectivity index (χ2v) is 5.97. The topological polar surface area (TPSA) is 52.8 Å². The van der Waals surface area contributed by atoms with Crippen molar-refractivity contribution in [1.29, 1.82) is 0 Å². The van der Waals surface area contributed by atoms with Crippen molar-refractivity contribution in [2.45, 2.75) is 0 Å². The number of ether oxygens (including phenoxy) is 2. The number of rotatable bonds is 2. The predicted octanol–water partition coefficient (Wildman–Crippen LogP) is 3.61. The van der Waals surface area contributed by atoms with Gasteiger partial charge in [-0.25, -0.2) is 0 Å². The molecule has 3 aromatic heterocycles. The number of para-hydroxylation sites is 1. The molecule has 0 aliphatic heterocycles. The Kier molecular flexibility index (Phi) is 2.71. The van der Waals surface area contributed by atoms with Gasteiger partial charge >= 0.3 is 0 Å². The summed E-state index contributed by atoms with van der Waals surface area (Å²) >= 11 is 0. The average Bonchev–Trinajstić information content (AvgIpc) is 3.00. The van der Waals surface area contributed by atoms with E-state index in [0.29, 0.717) is 16.9 Å². The SMILES string of the molecule is COc1cc2c(=O)n3c4ccccc4c4ccnc(c2cc1OC)c43. The third-order valence-electron chi connectivity index (χ3n) is 4.80. The second kappa shape index (κ2) is 4.83. The van der Waals surface area contributed by atoms with Gasteiger partial charge in [0.1, 0.15) is 0 Å². The number of nitrogens with zero attached hydrogens (tertiary/aromatic N) is 2. The standard InChI is InChI=1S/C20H14N2O3/c1-24-16-9-13-14(10-17(16)25-2)20(23)22-15-6-4-3-5-11(15)12-7-8-21-18(13)19(12)22/h3-10H,1-2H3. The average molecular weight is 330 g/mol. The van der Waals surface area contributed by atoms with Crippen LogP contribution in [-0.2, 0) is 0 Å². The summed E-state index contributed by atoms with van der Waals surface area (Å²) in [5.74, 6) is 1.11. The summed E-state index contributed by atoms with van der Waals surface area (Å²) in [6.07, 6.45) is 1.78. The summed E-state index contributed by atoms with van der Waals surface area (Å²) in [7, 11) is 3.15. The molecule has 0 spiro atoms. The minimum Gasteiger partial charge on any atom is -0.493 e. The van der Waals surface area contributed by atoms with Crippen LogP contribution < -0.4 is 15.0 Å². The molecule has 5 rings (SSSR count). The van der Waals surface area contributed by atoms with Crippen LogP contribution in [0.4, 0.5) is 0 Å². The summed E-state index contributed by atoms with van der Waals surface area (Å²) < 4.78 is 12.5. The Labute approximate surface area is 142 Å². The fourth-order valence-corrected chi connectivity index (χ4v) is 3.69. The minimum absolute atomic E-state index is 0.0809. The van der Waals surface area contributed by atoms with Crippen molar-refractivity contribution in [3.05, 3.63) is 59.0 Å². The van der Waals surface area contributed by atoms with Gasteiger partial charge in [-0.2, -0.15) is 0 Å². The lowest BCUT2D eigenvalue weighted by Gasteiger charge is -2.11. The first-order valence-corrected chi connectivity index (χ1v) is 7.94. The van der Waals surface area contributed by atoms with Crippen LogP contribution in [-0.4, -0.2) is 23.6 Å². The Morgan fingerprint density at radius 1 is 0.880 bits per heavy atom. The van der Waals surface area contributed by atoms with E-state index in [9.17, 15) is 4.79 Å². The van der Waals surface area contributed by atoms with Gasteiger partial charge in [-0.1, -0.05) is 18.2 Å². The van der Waals surface area contributed by atoms with E-state index >= 15 is 0 Å². The molecule has 0 unspecified atom stereocenters. The summed E-state index contributed by atoms with van der Waals surface area (Å²) in [5, 5.41) is 3.39. The van der Waals surface area contributed by atoms with E-state index in [2.05, 4.69) is 4.98 Å². The van der Waals surface area contributed by atoms with E-state index in [-0.39, 0.29) is 5.56 Å². The third-order valence-corrected chi connectivity index (χ3v) is 4.80. The zero-order chi connectivity index (χ0) is 17.1. The molecule has 0 aliphatic carbocycles. The van der Waals surface area contributed by atoms with E-state index < -0.39 is 0 Å². The van der Waals surface area contributed by atoms with Gasteiger partial charge in [0.05, 0.1) is 36.2 Å². The Balaban J connectivity index is 2.16. The fourth-order valence-electron chi connectivity index (χ4n) is 3.69. The van der Waals surface area contributed by atoms with E-state index in [0.717, 1.165) is 32.7 Å². The maximum atomic E-state index is 13.3. The largest absolute Gasteiger partial charge is 0.493 e. The van der Waals surface area contributed by atoms with E-state index in [1.165, 1.54) is 0 Å². The van der Waals surface area contributed by atoms with E-state index in [1.807, 2.05) is 36.4 Å². The van der Waals surface area contributed by atoms with Gasteiger partial charge in [0, 0.05) is 22.4 Å². The molecule has 5 heteroatoms. The lowest BCUT2D eigenvalue weighted by molar-refractivity contribution is 0.356. The van der Waals surface area contributed by atoms with Gasteiger partial charge in [-0.15, -0.1) is 0 Å². The molecule has 0 N–H and O–H groups in total. The molecule has 3 heterocycles. The molecule has 0 atom stereocenters. The predicted molar refractivity (Wildman–Crippen MR) is 98.3 cm³/mol. The highest BCUT2D eigenvalue weighted by Gasteiger charge is 2.19. The number of hydrogen-bond acceptors (Lipinski definition) is 4. The maximum Gasteiger partial charge on any atom is 0.263 e. The van der Waals surface area contributed by atoms with Crippen LogP contribution in [0.5, 0.6) is 11.5 Å². The molecule has 5 aromatic rings. The Morgan fingerprint density at radius 3 is 2.36 bits per heavy atom. The number of fused-ring (bicyclic) bond motifs is 5. The number of aromatic nitrogens is 2. The van der Waals surface area contributed by atoms with Gasteiger partial charge in [0.25, 0.3) is 5.56 Å². The Bertz CT molecular complexity index is 1340. The summed E-state index contributed by atoms with van der Waals surface area (Å²) in [6.45, 7) is 0. The smallest absolute Gasteiger partial charge is 0.263 e. The zero-order valence-corrected chi connectivity index (χ0v) is 13.7. The molecule has 0 saturated heterocycles. The lowest BCUT2D eigenvalue weighted by atomic mass is 10.1. The summed E-state index contributed by atoms with van der Waals surface area (Å²) in [6, 6.07) is 13.4. The first kappa shape index (κ1) is 14.0. The second-order valence-electron chi connectivity index (χ2n) is 5.97. The van der Waals surface area contributed by atoms with Crippen molar-refractivity contribution in [3.63, 3.8) is 0 Å². The van der Waals surface area contributed by atoms with Gasteiger partial charge in [-0.3, -0.25) is 14.2 Å². The van der Waals surface area contributed by atoms with Crippen molar-refractivity contribution < 1.29 is 9.47 Å². The monoisotopic (exact) mass is 330 g/mol. The molecule has 0 bridgehead atoms. The van der Waals surface area contributed by atoms with Crippen LogP contribution >= 0.6 is 0 Å². The van der Waals surface area contributed by atoms with Crippen LogP contribution in [0.25, 0.3) is 38.1 Å². The Morgan fingerprint density at radius 2 is 1.60 bits per heavy atom. The molecular weight excluding hydrogens is 316 g/mol. The van der Waals surface area contributed by atoms with Gasteiger partial charge in [0.2, 0.25) is 0 Å². The third kappa shape index (κ3) is 1.67. The molecular formula is C20H14N2O3. The Hall–Kier alpha value is -3.34. The van der Waals surface area contributed by atoms with Crippen LogP contribution in [0, 0.1) is 0 Å². The van der Waals surface area contributed by atoms with Crippen molar-refractivity contribution in [2.24, 2.45) is 0 Å². The van der Waals surface area contributed by atoms with Gasteiger partial charge in [0.15, 0.2) is 11.5 Å². The zero-order valence-electron chi connectivity index (χ0n) is 13.7. The number of benzene rings is 2. The molecule has 0 saturated carbocycles. The molecule has 0 amide bonds. The first-order valence-electron chi connectivity index (χ1n) is 7.94. The van der Waals surface area contributed by atoms with Crippen LogP contribution in [0.2, 0.25) is 0 Å². The molecule has 25 heavy (non-hydrogen) atoms. The molecule has 5 nitrogen and oxygen atoms in total. The summed E-state index contributed by atoms with van der Waals surface area (Å²) in [5.41, 5.74) is 2.43. The lowest BCUT2D eigenvalue weighted by Crippen LogP contribution is -2.13. The van der Waals surface area contributed by atoms with Crippen molar-refractivity contribution in [3.8, 4) is 11.5 Å². The van der Waals surface area contributed by atoms with Crippen molar-refractivity contribution in [2.75, 3.05) is 14.2 Å². The minimum atomic E-state index is -0.0809. The normalized spacial score (nSPS) is 11.8. The molecule has 0 aliphatic rings. The highest BCUT2D eigenvalue weighted by atomic mass is 16.5. The molecule has 122 valence electrons. The quantitative estimate of drug-likeness (QED) is 0.464. The molecule has 2 aromatic carbocycles. The molecule has 0 fully saturated rings. The van der Waals surface area contributed by atoms with Crippen LogP contribution in [0.15, 0.2) is 53.5 Å². The fraction of sp³-hybridized carbons (Fsp3) is 0.100. The molecule has 0 radical (unpaired) electrons. The summed E-state index contributed by atoms with van der Waals surface area (Å²) in [4.78, 5) is 17.8. The van der Waals surface area contributed by atoms with E-state index in [1.54, 1.807) is 30.9 Å². The van der Waals surface area contributed by atoms with Crippen molar-refractivity contribution in [1.82, 2.24) is 9.38 Å². The first-order chi connectivity index (χ1) is 12.2. The van der Waals surface area contributed by atoms with Gasteiger partial charge in [-0.05, 0) is 24.3 Å². The van der Waals surface area contributed by atoms with Gasteiger partial charge < -0.3 is 9.47 Å². The highest BCUT2D eigenvalue weighted by Crippen LogP contribution is 2.37. The van der Waals surface area contributed by atoms with E-state index in [4.69, 9.17) is 9.47 Å². The van der Waals surface area contributed by atoms with Crippen molar-refractivity contribution >= 4 is 38.1 Å². The van der Waals surface area contributed by atoms with Crippen LogP contribution in [0.3, 0.4) is 0 Å². The maximum absolute atomic E-state index is 13.3. The van der Waals surface area contributed by atoms with Crippen LogP contribution in [0.1, 0.15) is 0 Å². The number of methoxy groups -OCH3 is 2. The number of hydrogen-bond donors (Lipinski definition) is 0.